The van der Waals surface area contributed by atoms with Crippen molar-refractivity contribution in [2.75, 3.05) is 12.3 Å². The van der Waals surface area contributed by atoms with Crippen molar-refractivity contribution in [3.8, 4) is 0 Å². The minimum Gasteiger partial charge on any atom is -0.212 e. The summed E-state index contributed by atoms with van der Waals surface area (Å²) in [5, 5.41) is 0. The zero-order valence-electron chi connectivity index (χ0n) is 12.5. The number of hydrogen-bond donors (Lipinski definition) is 2. The molecule has 1 fully saturated rings. The molecule has 0 radical (unpaired) electrons. The van der Waals surface area contributed by atoms with Gasteiger partial charge in [-0.25, -0.2) is 26.3 Å². The molecule has 1 aromatic heterocycles. The highest BCUT2D eigenvalue weighted by Crippen LogP contribution is 2.21. The Morgan fingerprint density at radius 2 is 1.86 bits per heavy atom. The largest absolute Gasteiger partial charge is 0.250 e. The van der Waals surface area contributed by atoms with Crippen LogP contribution in [0, 0.1) is 0 Å². The van der Waals surface area contributed by atoms with Crippen molar-refractivity contribution in [2.45, 2.75) is 49.3 Å². The van der Waals surface area contributed by atoms with Gasteiger partial charge < -0.3 is 0 Å². The highest BCUT2D eigenvalue weighted by molar-refractivity contribution is 7.92. The number of aryl methyl sites for hydroxylation is 1. The van der Waals surface area contributed by atoms with Crippen LogP contribution in [0.1, 0.15) is 37.5 Å². The lowest BCUT2D eigenvalue weighted by atomic mass is 10.3. The molecule has 126 valence electrons. The van der Waals surface area contributed by atoms with E-state index in [0.29, 0.717) is 0 Å². The molecule has 0 saturated heterocycles. The second kappa shape index (κ2) is 7.39. The van der Waals surface area contributed by atoms with Gasteiger partial charge in [-0.05, 0) is 31.4 Å². The molecule has 1 aliphatic rings. The third-order valence-electron chi connectivity index (χ3n) is 3.61. The Kier molecular flexibility index (Phi) is 6.00. The summed E-state index contributed by atoms with van der Waals surface area (Å²) in [4.78, 5) is 0.982. The Morgan fingerprint density at radius 3 is 2.45 bits per heavy atom. The maximum absolute atomic E-state index is 12.1. The summed E-state index contributed by atoms with van der Waals surface area (Å²) in [5.41, 5.74) is 0. The first kappa shape index (κ1) is 17.9. The van der Waals surface area contributed by atoms with E-state index in [9.17, 15) is 16.8 Å². The van der Waals surface area contributed by atoms with Crippen LogP contribution in [0.3, 0.4) is 0 Å². The number of thiophene rings is 1. The van der Waals surface area contributed by atoms with Gasteiger partial charge in [-0.1, -0.05) is 19.8 Å². The quantitative estimate of drug-likeness (QED) is 0.728. The van der Waals surface area contributed by atoms with Crippen LogP contribution in [0.4, 0.5) is 0 Å². The Labute approximate surface area is 136 Å². The first-order valence-corrected chi connectivity index (χ1v) is 11.4. The van der Waals surface area contributed by atoms with Gasteiger partial charge in [-0.2, -0.15) is 0 Å². The second-order valence-electron chi connectivity index (χ2n) is 5.39. The fourth-order valence-corrected chi connectivity index (χ4v) is 6.16. The molecule has 2 rings (SSSR count). The third kappa shape index (κ3) is 5.02. The van der Waals surface area contributed by atoms with Crippen LogP contribution >= 0.6 is 11.3 Å². The summed E-state index contributed by atoms with van der Waals surface area (Å²) >= 11 is 1.21. The van der Waals surface area contributed by atoms with E-state index in [-0.39, 0.29) is 22.5 Å². The van der Waals surface area contributed by atoms with Crippen LogP contribution < -0.4 is 9.44 Å². The Morgan fingerprint density at radius 1 is 1.18 bits per heavy atom. The fourth-order valence-electron chi connectivity index (χ4n) is 2.43. The Hall–Kier alpha value is -0.480. The van der Waals surface area contributed by atoms with Gasteiger partial charge in [0.25, 0.3) is 0 Å². The Balaban J connectivity index is 1.86. The van der Waals surface area contributed by atoms with Crippen LogP contribution in [0.2, 0.25) is 0 Å². The highest BCUT2D eigenvalue weighted by atomic mass is 32.2. The smallest absolute Gasteiger partial charge is 0.212 e. The standard InChI is InChI=1S/C13H22N2O4S3/c1-2-12-7-8-13(20-12)22(18,19)14-9-10-21(16,17)15-11-5-3-4-6-11/h7-8,11,14-15H,2-6,9-10H2,1H3. The molecule has 1 saturated carbocycles. The van der Waals surface area contributed by atoms with Crippen molar-refractivity contribution in [2.24, 2.45) is 0 Å². The monoisotopic (exact) mass is 366 g/mol. The maximum Gasteiger partial charge on any atom is 0.250 e. The van der Waals surface area contributed by atoms with Gasteiger partial charge in [-0.15, -0.1) is 11.3 Å². The molecule has 0 aliphatic heterocycles. The van der Waals surface area contributed by atoms with Crippen molar-refractivity contribution in [3.05, 3.63) is 17.0 Å². The molecule has 0 atom stereocenters. The summed E-state index contributed by atoms with van der Waals surface area (Å²) < 4.78 is 53.2. The molecule has 1 heterocycles. The van der Waals surface area contributed by atoms with Crippen molar-refractivity contribution >= 4 is 31.4 Å². The second-order valence-corrected chi connectivity index (χ2v) is 10.4. The van der Waals surface area contributed by atoms with Crippen molar-refractivity contribution in [3.63, 3.8) is 0 Å². The van der Waals surface area contributed by atoms with Gasteiger partial charge in [-0.3, -0.25) is 0 Å². The van der Waals surface area contributed by atoms with Crippen LogP contribution in [0.15, 0.2) is 16.3 Å². The van der Waals surface area contributed by atoms with E-state index in [1.54, 1.807) is 12.1 Å². The SMILES string of the molecule is CCc1ccc(S(=O)(=O)NCCS(=O)(=O)NC2CCCC2)s1. The first-order chi connectivity index (χ1) is 10.3. The normalized spacial score (nSPS) is 17.1. The topological polar surface area (TPSA) is 92.3 Å². The molecule has 0 bridgehead atoms. The van der Waals surface area contributed by atoms with Crippen molar-refractivity contribution < 1.29 is 16.8 Å². The molecule has 0 spiro atoms. The summed E-state index contributed by atoms with van der Waals surface area (Å²) in [6.07, 6.45) is 4.58. The fraction of sp³-hybridized carbons (Fsp3) is 0.692. The lowest BCUT2D eigenvalue weighted by molar-refractivity contribution is 0.550. The first-order valence-electron chi connectivity index (χ1n) is 7.41. The summed E-state index contributed by atoms with van der Waals surface area (Å²) in [6.45, 7) is 1.83. The van der Waals surface area contributed by atoms with E-state index in [2.05, 4.69) is 9.44 Å². The van der Waals surface area contributed by atoms with Crippen LogP contribution in [-0.2, 0) is 26.5 Å². The summed E-state index contributed by atoms with van der Waals surface area (Å²) in [5.74, 6) is -0.241. The molecule has 0 aromatic carbocycles. The lowest BCUT2D eigenvalue weighted by Crippen LogP contribution is -2.38. The van der Waals surface area contributed by atoms with E-state index in [1.807, 2.05) is 6.92 Å². The molecule has 6 nitrogen and oxygen atoms in total. The third-order valence-corrected chi connectivity index (χ3v) is 8.23. The molecule has 9 heteroatoms. The van der Waals surface area contributed by atoms with Crippen molar-refractivity contribution in [1.29, 1.82) is 0 Å². The molecule has 1 aromatic rings. The molecular weight excluding hydrogens is 344 g/mol. The molecule has 0 unspecified atom stereocenters. The lowest BCUT2D eigenvalue weighted by Gasteiger charge is -2.12. The van der Waals surface area contributed by atoms with E-state index in [0.717, 1.165) is 37.0 Å². The number of sulfonamides is 2. The van der Waals surface area contributed by atoms with E-state index < -0.39 is 20.0 Å². The Bertz CT molecular complexity index is 689. The van der Waals surface area contributed by atoms with E-state index in [1.165, 1.54) is 11.3 Å². The van der Waals surface area contributed by atoms with Gasteiger partial charge in [0.05, 0.1) is 5.75 Å². The van der Waals surface area contributed by atoms with Crippen molar-refractivity contribution in [1.82, 2.24) is 9.44 Å². The minimum absolute atomic E-state index is 0.00557. The average Bonchev–Trinajstić information content (AvgIpc) is 3.08. The summed E-state index contributed by atoms with van der Waals surface area (Å²) in [7, 11) is -7.07. The van der Waals surface area contributed by atoms with Gasteiger partial charge in [0, 0.05) is 17.5 Å². The number of nitrogens with one attached hydrogen (secondary N) is 2. The van der Waals surface area contributed by atoms with Gasteiger partial charge in [0.2, 0.25) is 20.0 Å². The number of hydrogen-bond acceptors (Lipinski definition) is 5. The maximum atomic E-state index is 12.1. The van der Waals surface area contributed by atoms with E-state index >= 15 is 0 Å². The van der Waals surface area contributed by atoms with Gasteiger partial charge in [0.15, 0.2) is 0 Å². The van der Waals surface area contributed by atoms with Crippen LogP contribution in [0.25, 0.3) is 0 Å². The molecule has 0 amide bonds. The van der Waals surface area contributed by atoms with Crippen LogP contribution in [-0.4, -0.2) is 35.2 Å². The predicted molar refractivity (Wildman–Crippen MR) is 88.1 cm³/mol. The molecular formula is C13H22N2O4S3. The molecule has 2 N–H and O–H groups in total. The minimum atomic E-state index is -3.62. The average molecular weight is 367 g/mol. The highest BCUT2D eigenvalue weighted by Gasteiger charge is 2.22. The van der Waals surface area contributed by atoms with Crippen LogP contribution in [0.5, 0.6) is 0 Å². The number of rotatable bonds is 8. The zero-order valence-corrected chi connectivity index (χ0v) is 15.0. The zero-order chi connectivity index (χ0) is 16.2. The summed E-state index contributed by atoms with van der Waals surface area (Å²) in [6, 6.07) is 3.33. The predicted octanol–water partition coefficient (Wildman–Crippen LogP) is 1.45. The van der Waals surface area contributed by atoms with Gasteiger partial charge in [0.1, 0.15) is 4.21 Å². The van der Waals surface area contributed by atoms with Gasteiger partial charge >= 0.3 is 0 Å². The molecule has 22 heavy (non-hydrogen) atoms. The van der Waals surface area contributed by atoms with E-state index in [4.69, 9.17) is 0 Å². The molecule has 1 aliphatic carbocycles.